The van der Waals surface area contributed by atoms with Crippen molar-refractivity contribution in [2.75, 3.05) is 17.7 Å². The zero-order valence-electron chi connectivity index (χ0n) is 17.3. The molecule has 31 heavy (non-hydrogen) atoms. The van der Waals surface area contributed by atoms with Gasteiger partial charge in [0.1, 0.15) is 11.1 Å². The minimum Gasteiger partial charge on any atom is -0.492 e. The third-order valence-electron chi connectivity index (χ3n) is 5.06. The van der Waals surface area contributed by atoms with Crippen molar-refractivity contribution >= 4 is 29.3 Å². The quantitative estimate of drug-likeness (QED) is 0.564. The third kappa shape index (κ3) is 4.91. The predicted octanol–water partition coefficient (Wildman–Crippen LogP) is 5.11. The van der Waals surface area contributed by atoms with Crippen molar-refractivity contribution in [2.45, 2.75) is 18.8 Å². The summed E-state index contributed by atoms with van der Waals surface area (Å²) in [6.45, 7) is 3.01. The molecule has 6 heteroatoms. The van der Waals surface area contributed by atoms with Gasteiger partial charge in [-0.25, -0.2) is 0 Å². The second-order valence-electron chi connectivity index (χ2n) is 7.18. The normalized spacial score (nSPS) is 15.7. The Hall–Kier alpha value is -3.25. The molecule has 1 aliphatic heterocycles. The highest BCUT2D eigenvalue weighted by Crippen LogP contribution is 2.39. The number of rotatable bonds is 7. The van der Waals surface area contributed by atoms with Gasteiger partial charge in [-0.15, -0.1) is 11.8 Å². The fraction of sp³-hybridized carbons (Fsp3) is 0.200. The van der Waals surface area contributed by atoms with Crippen LogP contribution in [0.3, 0.4) is 0 Å². The largest absolute Gasteiger partial charge is 0.492 e. The Morgan fingerprint density at radius 3 is 2.48 bits per heavy atom. The van der Waals surface area contributed by atoms with E-state index in [-0.39, 0.29) is 17.2 Å². The van der Waals surface area contributed by atoms with Crippen LogP contribution in [-0.4, -0.2) is 29.1 Å². The van der Waals surface area contributed by atoms with Gasteiger partial charge in [-0.05, 0) is 42.3 Å². The predicted molar refractivity (Wildman–Crippen MR) is 124 cm³/mol. The fourth-order valence-electron chi connectivity index (χ4n) is 3.53. The molecule has 1 atom stereocenters. The summed E-state index contributed by atoms with van der Waals surface area (Å²) in [5.74, 6) is 1.05. The SMILES string of the molecule is CCOc1ccccc1NC(=O)c1ccc([C@@H]2SCC(=O)N2Cc2ccccc2)cc1. The second-order valence-corrected chi connectivity index (χ2v) is 8.24. The molecule has 158 valence electrons. The van der Waals surface area contributed by atoms with E-state index in [9.17, 15) is 9.59 Å². The maximum atomic E-state index is 12.7. The van der Waals surface area contributed by atoms with Crippen LogP contribution in [0.1, 0.15) is 33.8 Å². The summed E-state index contributed by atoms with van der Waals surface area (Å²) in [5.41, 5.74) is 3.31. The highest BCUT2D eigenvalue weighted by molar-refractivity contribution is 8.00. The van der Waals surface area contributed by atoms with Crippen LogP contribution >= 0.6 is 11.8 Å². The average molecular weight is 433 g/mol. The molecule has 0 unspecified atom stereocenters. The summed E-state index contributed by atoms with van der Waals surface area (Å²) in [6.07, 6.45) is 0. The van der Waals surface area contributed by atoms with Gasteiger partial charge in [0, 0.05) is 12.1 Å². The minimum atomic E-state index is -0.199. The summed E-state index contributed by atoms with van der Waals surface area (Å²) >= 11 is 1.61. The first-order chi connectivity index (χ1) is 15.2. The van der Waals surface area contributed by atoms with E-state index < -0.39 is 0 Å². The van der Waals surface area contributed by atoms with Gasteiger partial charge in [0.15, 0.2) is 0 Å². The van der Waals surface area contributed by atoms with Crippen molar-refractivity contribution < 1.29 is 14.3 Å². The van der Waals surface area contributed by atoms with E-state index in [1.54, 1.807) is 23.9 Å². The molecule has 1 aliphatic rings. The second kappa shape index (κ2) is 9.71. The number of para-hydroxylation sites is 2. The average Bonchev–Trinajstić information content (AvgIpc) is 3.16. The lowest BCUT2D eigenvalue weighted by Gasteiger charge is -2.24. The smallest absolute Gasteiger partial charge is 0.255 e. The highest BCUT2D eigenvalue weighted by Gasteiger charge is 2.32. The van der Waals surface area contributed by atoms with Crippen LogP contribution in [0.2, 0.25) is 0 Å². The van der Waals surface area contributed by atoms with Gasteiger partial charge in [-0.1, -0.05) is 54.6 Å². The first-order valence-electron chi connectivity index (χ1n) is 10.2. The number of nitrogens with one attached hydrogen (secondary N) is 1. The Balaban J connectivity index is 1.47. The third-order valence-corrected chi connectivity index (χ3v) is 6.31. The number of carbonyl (C=O) groups excluding carboxylic acids is 2. The van der Waals surface area contributed by atoms with Crippen molar-refractivity contribution in [3.05, 3.63) is 95.6 Å². The fourth-order valence-corrected chi connectivity index (χ4v) is 4.71. The summed E-state index contributed by atoms with van der Waals surface area (Å²) in [7, 11) is 0. The van der Waals surface area contributed by atoms with Gasteiger partial charge < -0.3 is 15.0 Å². The Morgan fingerprint density at radius 1 is 1.03 bits per heavy atom. The Kier molecular flexibility index (Phi) is 6.57. The Bertz CT molecular complexity index is 1050. The zero-order chi connectivity index (χ0) is 21.6. The lowest BCUT2D eigenvalue weighted by Crippen LogP contribution is -2.27. The van der Waals surface area contributed by atoms with Crippen LogP contribution in [0.4, 0.5) is 5.69 Å². The molecule has 0 radical (unpaired) electrons. The summed E-state index contributed by atoms with van der Waals surface area (Å²) in [5, 5.41) is 2.86. The number of nitrogens with zero attached hydrogens (tertiary/aromatic N) is 1. The summed E-state index contributed by atoms with van der Waals surface area (Å²) < 4.78 is 5.58. The van der Waals surface area contributed by atoms with Crippen LogP contribution in [0, 0.1) is 0 Å². The molecule has 1 saturated heterocycles. The molecule has 3 aromatic rings. The first-order valence-corrected chi connectivity index (χ1v) is 11.3. The topological polar surface area (TPSA) is 58.6 Å². The number of carbonyl (C=O) groups is 2. The number of benzene rings is 3. The van der Waals surface area contributed by atoms with Gasteiger partial charge in [-0.3, -0.25) is 9.59 Å². The van der Waals surface area contributed by atoms with Crippen LogP contribution in [0.5, 0.6) is 5.75 Å². The lowest BCUT2D eigenvalue weighted by atomic mass is 10.1. The van der Waals surface area contributed by atoms with Gasteiger partial charge in [0.2, 0.25) is 5.91 Å². The maximum absolute atomic E-state index is 12.7. The van der Waals surface area contributed by atoms with E-state index in [0.29, 0.717) is 35.9 Å². The molecule has 4 rings (SSSR count). The molecular formula is C25H24N2O3S. The maximum Gasteiger partial charge on any atom is 0.255 e. The van der Waals surface area contributed by atoms with E-state index in [1.165, 1.54) is 0 Å². The molecule has 0 aliphatic carbocycles. The molecule has 2 amide bonds. The minimum absolute atomic E-state index is 0.0523. The first kappa shape index (κ1) is 21.0. The van der Waals surface area contributed by atoms with E-state index in [1.807, 2.05) is 78.6 Å². The van der Waals surface area contributed by atoms with E-state index >= 15 is 0 Å². The molecule has 3 aromatic carbocycles. The Morgan fingerprint density at radius 2 is 1.74 bits per heavy atom. The number of anilines is 1. The van der Waals surface area contributed by atoms with Crippen molar-refractivity contribution in [2.24, 2.45) is 0 Å². The van der Waals surface area contributed by atoms with E-state index in [4.69, 9.17) is 4.74 Å². The number of hydrogen-bond donors (Lipinski definition) is 1. The zero-order valence-corrected chi connectivity index (χ0v) is 18.1. The molecule has 1 heterocycles. The van der Waals surface area contributed by atoms with E-state index in [2.05, 4.69) is 5.32 Å². The number of amides is 2. The van der Waals surface area contributed by atoms with Crippen LogP contribution < -0.4 is 10.1 Å². The summed E-state index contributed by atoms with van der Waals surface area (Å²) in [6, 6.07) is 24.8. The molecule has 0 spiro atoms. The Labute approximate surface area is 186 Å². The number of hydrogen-bond acceptors (Lipinski definition) is 4. The monoisotopic (exact) mass is 432 g/mol. The summed E-state index contributed by atoms with van der Waals surface area (Å²) in [4.78, 5) is 27.1. The molecule has 0 saturated carbocycles. The van der Waals surface area contributed by atoms with Crippen LogP contribution in [-0.2, 0) is 11.3 Å². The van der Waals surface area contributed by atoms with Crippen molar-refractivity contribution in [3.8, 4) is 5.75 Å². The van der Waals surface area contributed by atoms with Gasteiger partial charge in [0.05, 0.1) is 18.0 Å². The standard InChI is InChI=1S/C25H24N2O3S/c1-2-30-22-11-7-6-10-21(22)26-24(29)19-12-14-20(15-13-19)25-27(23(28)17-31-25)16-18-8-4-3-5-9-18/h3-15,25H,2,16-17H2,1H3,(H,26,29)/t25-/m0/s1. The molecule has 0 aromatic heterocycles. The lowest BCUT2D eigenvalue weighted by molar-refractivity contribution is -0.128. The molecule has 1 N–H and O–H groups in total. The van der Waals surface area contributed by atoms with Crippen LogP contribution in [0.25, 0.3) is 0 Å². The van der Waals surface area contributed by atoms with Crippen molar-refractivity contribution in [1.29, 1.82) is 0 Å². The molecule has 5 nitrogen and oxygen atoms in total. The molecule has 0 bridgehead atoms. The number of thioether (sulfide) groups is 1. The van der Waals surface area contributed by atoms with Gasteiger partial charge >= 0.3 is 0 Å². The van der Waals surface area contributed by atoms with Crippen LogP contribution in [0.15, 0.2) is 78.9 Å². The highest BCUT2D eigenvalue weighted by atomic mass is 32.2. The van der Waals surface area contributed by atoms with Crippen molar-refractivity contribution in [1.82, 2.24) is 4.90 Å². The van der Waals surface area contributed by atoms with Gasteiger partial charge in [-0.2, -0.15) is 0 Å². The molecular weight excluding hydrogens is 408 g/mol. The van der Waals surface area contributed by atoms with Crippen molar-refractivity contribution in [3.63, 3.8) is 0 Å². The number of ether oxygens (including phenoxy) is 1. The van der Waals surface area contributed by atoms with Gasteiger partial charge in [0.25, 0.3) is 5.91 Å². The molecule has 1 fully saturated rings. The van der Waals surface area contributed by atoms with E-state index in [0.717, 1.165) is 11.1 Å².